The largest absolute Gasteiger partial charge is 0.744 e. The highest BCUT2D eigenvalue weighted by atomic mass is 32.2. The Kier molecular flexibility index (Phi) is 23.6. The number of aliphatic carboxylic acids is 1. The van der Waals surface area contributed by atoms with Crippen molar-refractivity contribution in [3.63, 3.8) is 0 Å². The number of benzene rings is 4. The van der Waals surface area contributed by atoms with E-state index < -0.39 is 74.8 Å². The van der Waals surface area contributed by atoms with Crippen LogP contribution in [0.15, 0.2) is 182 Å². The number of nitrogens with one attached hydrogen (secondary N) is 2. The summed E-state index contributed by atoms with van der Waals surface area (Å²) < 4.78 is 153. The number of unbranched alkanes of at least 4 members (excludes halogenated alkanes) is 2. The van der Waals surface area contributed by atoms with Gasteiger partial charge in [0.15, 0.2) is 0 Å². The summed E-state index contributed by atoms with van der Waals surface area (Å²) in [6, 6.07) is 30.3. The quantitative estimate of drug-likeness (QED) is 0.0226. The van der Waals surface area contributed by atoms with Gasteiger partial charge in [0.05, 0.1) is 14.7 Å². The SMILES string of the molecule is CCNC(=O)C1(C(=O)NCCCCCC(=O)O)CC(/C=C/c2cc(-c3ccc(S(=O)(=O)[O-])cc3)cc(-c3ccccc3)[s+]2)=CC(=C/C=C2\C=C(c3ccc(S(=O)(=O)O)cc3)C=C(c3ccc(S(=O)(=O)O)cc3)S2)/C1.O=S(=O)=O.O=S(=O)=O. The predicted molar refractivity (Wildman–Crippen MR) is 306 cm³/mol. The minimum Gasteiger partial charge on any atom is -0.744 e. The third-order valence-corrected chi connectivity index (χ3v) is 16.7. The van der Waals surface area contributed by atoms with E-state index in [1.807, 2.05) is 72.8 Å². The van der Waals surface area contributed by atoms with E-state index in [0.29, 0.717) is 62.5 Å². The lowest BCUT2D eigenvalue weighted by Gasteiger charge is -2.35. The molecule has 1 aromatic heterocycles. The smallest absolute Gasteiger partial charge is 0.425 e. The zero-order chi connectivity index (χ0) is 60.4. The Bertz CT molecular complexity index is 3950. The average molecular weight is 1260 g/mol. The lowest BCUT2D eigenvalue weighted by Crippen LogP contribution is -2.52. The molecule has 5 N–H and O–H groups in total. The van der Waals surface area contributed by atoms with E-state index in [1.165, 1.54) is 83.8 Å². The number of carboxylic acid groups (broad SMARTS) is 1. The van der Waals surface area contributed by atoms with Crippen LogP contribution in [0.4, 0.5) is 0 Å². The van der Waals surface area contributed by atoms with E-state index in [2.05, 4.69) is 10.6 Å². The van der Waals surface area contributed by atoms with Crippen molar-refractivity contribution in [1.82, 2.24) is 10.6 Å². The summed E-state index contributed by atoms with van der Waals surface area (Å²) >= 11 is 2.79. The molecule has 21 nitrogen and oxygen atoms in total. The molecule has 82 heavy (non-hydrogen) atoms. The Balaban J connectivity index is 0.00000144. The normalized spacial score (nSPS) is 16.3. The molecule has 1 aliphatic carbocycles. The molecule has 1 atom stereocenters. The fourth-order valence-corrected chi connectivity index (χ4v) is 11.7. The van der Waals surface area contributed by atoms with Gasteiger partial charge in [0.1, 0.15) is 15.5 Å². The van der Waals surface area contributed by atoms with Crippen molar-refractivity contribution in [2.45, 2.75) is 60.1 Å². The molecule has 1 aliphatic heterocycles. The molecule has 28 heteroatoms. The first-order valence-corrected chi connectivity index (χ1v) is 32.0. The second-order valence-corrected chi connectivity index (χ2v) is 25.0. The van der Waals surface area contributed by atoms with Crippen LogP contribution in [-0.2, 0) is 66.0 Å². The topological polar surface area (TPSA) is 364 Å². The number of hydrogen-bond acceptors (Lipinski definition) is 17. The maximum absolute atomic E-state index is 14.6. The van der Waals surface area contributed by atoms with E-state index in [-0.39, 0.29) is 47.0 Å². The van der Waals surface area contributed by atoms with E-state index in [9.17, 15) is 53.3 Å². The molecular formula is C54H50N2O19S7. The van der Waals surface area contributed by atoms with Crippen LogP contribution < -0.4 is 10.6 Å². The zero-order valence-corrected chi connectivity index (χ0v) is 48.6. The number of carbonyl (C=O) groups is 3. The number of hydrogen-bond donors (Lipinski definition) is 5. The van der Waals surface area contributed by atoms with Gasteiger partial charge in [-0.15, -0.1) is 25.3 Å². The molecule has 0 saturated carbocycles. The fraction of sp³-hybridized carbons (Fsp3) is 0.185. The van der Waals surface area contributed by atoms with Gasteiger partial charge in [-0.05, 0) is 138 Å². The molecule has 4 aromatic carbocycles. The fourth-order valence-electron chi connectivity index (χ4n) is 8.25. The van der Waals surface area contributed by atoms with Gasteiger partial charge in [0.25, 0.3) is 20.2 Å². The summed E-state index contributed by atoms with van der Waals surface area (Å²) in [4.78, 5) is 42.0. The van der Waals surface area contributed by atoms with Crippen molar-refractivity contribution in [3.8, 4) is 21.6 Å². The monoisotopic (exact) mass is 1250 g/mol. The molecule has 432 valence electrons. The standard InChI is InChI=1S/C54H50N2O13S5.2O3S/c1-2-55-52(59)54(53(60)56-28-8-4-7-11-51(57)58)34-36(12-20-44-30-42(32-49(70-44)40-9-5-3-6-10-40)38-14-22-46(23-15-38)72(61,62)63)29-37(35-54)13-21-45-31-43(39-16-24-47(25-17-39)73(64,65)66)33-50(71-45)41-18-26-48(27-19-41)74(67,68)69;2*1-4(2)3/h3,5-6,9-10,12-27,29-33H,2,4,7-8,11,28,34-35H2,1H3,(H5-,55,56,57,58,59,60,61,62,63,64,65,66,67,68,69);;. The summed E-state index contributed by atoms with van der Waals surface area (Å²) in [6.07, 6.45) is 14.3. The molecule has 2 amide bonds. The molecule has 0 spiro atoms. The zero-order valence-electron chi connectivity index (χ0n) is 42.9. The molecule has 7 rings (SSSR count). The molecule has 2 aliphatic rings. The number of carbonyl (C=O) groups excluding carboxylic acids is 2. The highest BCUT2D eigenvalue weighted by Crippen LogP contribution is 2.44. The predicted octanol–water partition coefficient (Wildman–Crippen LogP) is 8.05. The summed E-state index contributed by atoms with van der Waals surface area (Å²) in [5, 5.41) is 14.9. The number of rotatable bonds is 19. The van der Waals surface area contributed by atoms with Gasteiger partial charge in [-0.25, -0.2) is 8.42 Å². The van der Waals surface area contributed by atoms with Crippen LogP contribution in [0.25, 0.3) is 38.1 Å². The summed E-state index contributed by atoms with van der Waals surface area (Å²) in [5.41, 5.74) is 3.68. The van der Waals surface area contributed by atoms with Gasteiger partial charge in [0, 0.05) is 53.1 Å². The number of thioether (sulfide) groups is 1. The van der Waals surface area contributed by atoms with E-state index in [4.69, 9.17) is 30.4 Å². The molecular weight excluding hydrogens is 1210 g/mol. The van der Waals surface area contributed by atoms with Crippen LogP contribution >= 0.6 is 23.1 Å². The Hall–Kier alpha value is -7.38. The maximum atomic E-state index is 14.6. The maximum Gasteiger partial charge on any atom is 0.425 e. The Morgan fingerprint density at radius 1 is 0.634 bits per heavy atom. The summed E-state index contributed by atoms with van der Waals surface area (Å²) in [6.45, 7) is 2.18. The Morgan fingerprint density at radius 3 is 1.73 bits per heavy atom. The molecule has 0 fully saturated rings. The van der Waals surface area contributed by atoms with Gasteiger partial charge in [-0.1, -0.05) is 91.0 Å². The first kappa shape index (κ1) is 65.4. The van der Waals surface area contributed by atoms with Crippen molar-refractivity contribution >= 4 is 109 Å². The molecule has 0 saturated heterocycles. The van der Waals surface area contributed by atoms with Crippen LogP contribution in [0.5, 0.6) is 0 Å². The van der Waals surface area contributed by atoms with Gasteiger partial charge < -0.3 is 20.3 Å². The highest BCUT2D eigenvalue weighted by Gasteiger charge is 2.48. The Labute approximate surface area is 484 Å². The minimum atomic E-state index is -4.68. The second-order valence-electron chi connectivity index (χ2n) is 17.7. The van der Waals surface area contributed by atoms with Gasteiger partial charge in [0.2, 0.25) is 32.9 Å². The summed E-state index contributed by atoms with van der Waals surface area (Å²) in [5.74, 6) is -1.93. The molecule has 1 unspecified atom stereocenters. The van der Waals surface area contributed by atoms with Crippen LogP contribution in [0.2, 0.25) is 0 Å². The van der Waals surface area contributed by atoms with Crippen molar-refractivity contribution in [2.75, 3.05) is 13.1 Å². The second kappa shape index (κ2) is 29.6. The number of amides is 2. The number of allylic oxidation sites excluding steroid dienone is 9. The summed E-state index contributed by atoms with van der Waals surface area (Å²) in [7, 11) is -19.9. The van der Waals surface area contributed by atoms with Gasteiger partial charge >= 0.3 is 27.2 Å². The number of carboxylic acids is 1. The van der Waals surface area contributed by atoms with E-state index >= 15 is 0 Å². The van der Waals surface area contributed by atoms with Crippen LogP contribution in [0.3, 0.4) is 0 Å². The van der Waals surface area contributed by atoms with E-state index in [0.717, 1.165) is 20.9 Å². The van der Waals surface area contributed by atoms with Crippen molar-refractivity contribution in [1.29, 1.82) is 0 Å². The van der Waals surface area contributed by atoms with Gasteiger partial charge in [-0.3, -0.25) is 23.5 Å². The highest BCUT2D eigenvalue weighted by molar-refractivity contribution is 8.12. The molecule has 5 aromatic rings. The first-order valence-electron chi connectivity index (χ1n) is 24.1. The molecule has 2 heterocycles. The van der Waals surface area contributed by atoms with Crippen molar-refractivity contribution in [2.24, 2.45) is 5.41 Å². The Morgan fingerprint density at radius 2 is 1.18 bits per heavy atom. The van der Waals surface area contributed by atoms with Crippen molar-refractivity contribution < 1.29 is 83.7 Å². The average Bonchev–Trinajstić information content (AvgIpc) is 3.62. The minimum absolute atomic E-state index is 0.0000785. The molecule has 0 radical (unpaired) electrons. The van der Waals surface area contributed by atoms with Crippen LogP contribution in [0, 0.1) is 5.41 Å². The molecule has 0 bridgehead atoms. The van der Waals surface area contributed by atoms with E-state index in [1.54, 1.807) is 31.2 Å². The lowest BCUT2D eigenvalue weighted by atomic mass is 9.70. The van der Waals surface area contributed by atoms with Crippen LogP contribution in [-0.4, -0.2) is 100 Å². The van der Waals surface area contributed by atoms with Gasteiger partial charge in [-0.2, -0.15) is 16.8 Å². The van der Waals surface area contributed by atoms with Crippen molar-refractivity contribution in [3.05, 3.63) is 184 Å². The third-order valence-electron chi connectivity index (χ3n) is 11.9. The third kappa shape index (κ3) is 20.0. The lowest BCUT2D eigenvalue weighted by molar-refractivity contribution is -0.144. The first-order chi connectivity index (χ1) is 38.6. The van der Waals surface area contributed by atoms with Crippen LogP contribution in [0.1, 0.15) is 61.5 Å².